The Morgan fingerprint density at radius 1 is 1.32 bits per heavy atom. The van der Waals surface area contributed by atoms with Crippen molar-refractivity contribution in [2.45, 2.75) is 58.7 Å². The Bertz CT molecular complexity index is 551. The van der Waals surface area contributed by atoms with E-state index in [1.54, 1.807) is 7.11 Å². The molecule has 1 fully saturated rings. The van der Waals surface area contributed by atoms with E-state index in [9.17, 15) is 4.79 Å². The normalized spacial score (nSPS) is 20.2. The zero-order valence-corrected chi connectivity index (χ0v) is 15.9. The van der Waals surface area contributed by atoms with Gasteiger partial charge in [0.25, 0.3) is 0 Å². The summed E-state index contributed by atoms with van der Waals surface area (Å²) in [5.41, 5.74) is 2.32. The van der Waals surface area contributed by atoms with Gasteiger partial charge in [0.1, 0.15) is 0 Å². The van der Waals surface area contributed by atoms with Crippen LogP contribution in [-0.2, 0) is 17.7 Å². The molecule has 5 nitrogen and oxygen atoms in total. The summed E-state index contributed by atoms with van der Waals surface area (Å²) in [6.07, 6.45) is 2.42. The average molecular weight is 348 g/mol. The number of amides is 1. The fourth-order valence-corrected chi connectivity index (χ4v) is 3.35. The molecule has 0 radical (unpaired) electrons. The van der Waals surface area contributed by atoms with Crippen LogP contribution in [0.15, 0.2) is 24.3 Å². The zero-order chi connectivity index (χ0) is 18.4. The maximum Gasteiger partial charge on any atom is 0.404 e. The lowest BCUT2D eigenvalue weighted by molar-refractivity contribution is 0.0285. The first-order valence-electron chi connectivity index (χ1n) is 9.10. The number of hydrogen-bond donors (Lipinski definition) is 2. The fourth-order valence-electron chi connectivity index (χ4n) is 3.35. The van der Waals surface area contributed by atoms with E-state index in [2.05, 4.69) is 55.3 Å². The van der Waals surface area contributed by atoms with Crippen molar-refractivity contribution >= 4 is 6.09 Å². The molecule has 0 bridgehead atoms. The molecule has 2 rings (SSSR count). The first-order chi connectivity index (χ1) is 11.8. The van der Waals surface area contributed by atoms with Crippen molar-refractivity contribution in [1.82, 2.24) is 10.2 Å². The number of methoxy groups -OCH3 is 1. The lowest BCUT2D eigenvalue weighted by Crippen LogP contribution is -2.44. The SMILES string of the molecule is COC1CCCN(Cc2ccc(CC(NC(=O)O)C(C)(C)C)cc2)C1. The third-order valence-corrected chi connectivity index (χ3v) is 5.01. The van der Waals surface area contributed by atoms with Crippen LogP contribution in [-0.4, -0.2) is 48.4 Å². The second-order valence-corrected chi connectivity index (χ2v) is 8.12. The molecule has 2 unspecified atom stereocenters. The van der Waals surface area contributed by atoms with Gasteiger partial charge in [-0.05, 0) is 42.3 Å². The summed E-state index contributed by atoms with van der Waals surface area (Å²) in [4.78, 5) is 13.5. The van der Waals surface area contributed by atoms with Crippen LogP contribution < -0.4 is 5.32 Å². The molecule has 0 spiro atoms. The summed E-state index contributed by atoms with van der Waals surface area (Å²) in [5.74, 6) is 0. The van der Waals surface area contributed by atoms with Crippen LogP contribution in [0.2, 0.25) is 0 Å². The lowest BCUT2D eigenvalue weighted by Gasteiger charge is -2.32. The third kappa shape index (κ3) is 6.33. The van der Waals surface area contributed by atoms with Crippen molar-refractivity contribution < 1.29 is 14.6 Å². The molecule has 25 heavy (non-hydrogen) atoms. The molecule has 5 heteroatoms. The van der Waals surface area contributed by atoms with Crippen LogP contribution in [0, 0.1) is 5.41 Å². The molecule has 1 saturated heterocycles. The van der Waals surface area contributed by atoms with E-state index in [-0.39, 0.29) is 11.5 Å². The Balaban J connectivity index is 1.95. The fraction of sp³-hybridized carbons (Fsp3) is 0.650. The van der Waals surface area contributed by atoms with Crippen molar-refractivity contribution in [3.63, 3.8) is 0 Å². The maximum absolute atomic E-state index is 11.0. The molecule has 1 aliphatic heterocycles. The van der Waals surface area contributed by atoms with Gasteiger partial charge in [0, 0.05) is 26.2 Å². The maximum atomic E-state index is 11.0. The first kappa shape index (κ1) is 19.7. The summed E-state index contributed by atoms with van der Waals surface area (Å²) in [5, 5.41) is 11.7. The molecule has 1 amide bonds. The highest BCUT2D eigenvalue weighted by molar-refractivity contribution is 5.65. The Morgan fingerprint density at radius 3 is 2.52 bits per heavy atom. The second-order valence-electron chi connectivity index (χ2n) is 8.12. The Kier molecular flexibility index (Phi) is 6.85. The molecule has 0 aliphatic carbocycles. The number of rotatable bonds is 6. The molecule has 1 heterocycles. The van der Waals surface area contributed by atoms with Gasteiger partial charge >= 0.3 is 6.09 Å². The molecule has 2 atom stereocenters. The predicted octanol–water partition coefficient (Wildman–Crippen LogP) is 3.52. The predicted molar refractivity (Wildman–Crippen MR) is 99.9 cm³/mol. The summed E-state index contributed by atoms with van der Waals surface area (Å²) in [6, 6.07) is 8.45. The first-order valence-corrected chi connectivity index (χ1v) is 9.10. The number of nitrogens with one attached hydrogen (secondary N) is 1. The van der Waals surface area contributed by atoms with Crippen molar-refractivity contribution in [1.29, 1.82) is 0 Å². The highest BCUT2D eigenvalue weighted by Crippen LogP contribution is 2.23. The number of ether oxygens (including phenoxy) is 1. The van der Waals surface area contributed by atoms with Gasteiger partial charge in [-0.3, -0.25) is 4.90 Å². The molecule has 2 N–H and O–H groups in total. The number of carbonyl (C=O) groups is 1. The van der Waals surface area contributed by atoms with Gasteiger partial charge in [-0.25, -0.2) is 4.79 Å². The number of hydrogen-bond acceptors (Lipinski definition) is 3. The van der Waals surface area contributed by atoms with Crippen molar-refractivity contribution in [2.75, 3.05) is 20.2 Å². The molecule has 0 aromatic heterocycles. The Hall–Kier alpha value is -1.59. The molecule has 1 aromatic rings. The van der Waals surface area contributed by atoms with Crippen LogP contribution in [0.5, 0.6) is 0 Å². The van der Waals surface area contributed by atoms with Gasteiger partial charge in [-0.1, -0.05) is 45.0 Å². The van der Waals surface area contributed by atoms with Crippen LogP contribution in [0.1, 0.15) is 44.7 Å². The van der Waals surface area contributed by atoms with Crippen LogP contribution >= 0.6 is 0 Å². The molecular weight excluding hydrogens is 316 g/mol. The Morgan fingerprint density at radius 2 is 1.96 bits per heavy atom. The van der Waals surface area contributed by atoms with E-state index in [0.717, 1.165) is 31.6 Å². The minimum absolute atomic E-state index is 0.111. The summed E-state index contributed by atoms with van der Waals surface area (Å²) >= 11 is 0. The van der Waals surface area contributed by atoms with Gasteiger partial charge < -0.3 is 15.2 Å². The quantitative estimate of drug-likeness (QED) is 0.826. The summed E-state index contributed by atoms with van der Waals surface area (Å²) < 4.78 is 5.49. The largest absolute Gasteiger partial charge is 0.465 e. The minimum Gasteiger partial charge on any atom is -0.465 e. The van der Waals surface area contributed by atoms with Gasteiger partial charge in [-0.15, -0.1) is 0 Å². The number of benzene rings is 1. The van der Waals surface area contributed by atoms with E-state index in [4.69, 9.17) is 9.84 Å². The number of carboxylic acid groups (broad SMARTS) is 1. The van der Waals surface area contributed by atoms with Gasteiger partial charge in [-0.2, -0.15) is 0 Å². The number of likely N-dealkylation sites (tertiary alicyclic amines) is 1. The van der Waals surface area contributed by atoms with Crippen LogP contribution in [0.4, 0.5) is 4.79 Å². The van der Waals surface area contributed by atoms with Crippen molar-refractivity contribution in [3.8, 4) is 0 Å². The average Bonchev–Trinajstić information content (AvgIpc) is 2.55. The topological polar surface area (TPSA) is 61.8 Å². The summed E-state index contributed by atoms with van der Waals surface area (Å²) in [7, 11) is 1.79. The van der Waals surface area contributed by atoms with Gasteiger partial charge in [0.2, 0.25) is 0 Å². The second kappa shape index (κ2) is 8.68. The van der Waals surface area contributed by atoms with Crippen LogP contribution in [0.3, 0.4) is 0 Å². The number of piperidine rings is 1. The monoisotopic (exact) mass is 348 g/mol. The van der Waals surface area contributed by atoms with E-state index in [1.165, 1.54) is 12.0 Å². The minimum atomic E-state index is -0.964. The molecule has 0 saturated carbocycles. The third-order valence-electron chi connectivity index (χ3n) is 5.01. The van der Waals surface area contributed by atoms with Crippen molar-refractivity contribution in [2.24, 2.45) is 5.41 Å². The van der Waals surface area contributed by atoms with E-state index in [0.29, 0.717) is 12.5 Å². The van der Waals surface area contributed by atoms with Gasteiger partial charge in [0.15, 0.2) is 0 Å². The van der Waals surface area contributed by atoms with Crippen molar-refractivity contribution in [3.05, 3.63) is 35.4 Å². The highest BCUT2D eigenvalue weighted by Gasteiger charge is 2.26. The highest BCUT2D eigenvalue weighted by atomic mass is 16.5. The summed E-state index contributed by atoms with van der Waals surface area (Å²) in [6.45, 7) is 9.24. The molecule has 1 aromatic carbocycles. The lowest BCUT2D eigenvalue weighted by atomic mass is 9.83. The number of nitrogens with zero attached hydrogens (tertiary/aromatic N) is 1. The van der Waals surface area contributed by atoms with E-state index >= 15 is 0 Å². The smallest absolute Gasteiger partial charge is 0.404 e. The molecule has 1 aliphatic rings. The Labute approximate surface area is 151 Å². The molecular formula is C20H32N2O3. The van der Waals surface area contributed by atoms with E-state index < -0.39 is 6.09 Å². The standard InChI is InChI=1S/C20H32N2O3/c1-20(2,3)18(21-19(23)24)12-15-7-9-16(10-8-15)13-22-11-5-6-17(14-22)25-4/h7-10,17-18,21H,5-6,11-14H2,1-4H3,(H,23,24). The van der Waals surface area contributed by atoms with Crippen LogP contribution in [0.25, 0.3) is 0 Å². The molecule has 140 valence electrons. The zero-order valence-electron chi connectivity index (χ0n) is 15.9. The van der Waals surface area contributed by atoms with Gasteiger partial charge in [0.05, 0.1) is 6.10 Å². The van der Waals surface area contributed by atoms with E-state index in [1.807, 2.05) is 0 Å².